The summed E-state index contributed by atoms with van der Waals surface area (Å²) < 4.78 is 0. The minimum absolute atomic E-state index is 0.132. The van der Waals surface area contributed by atoms with Gasteiger partial charge in [0.2, 0.25) is 0 Å². The van der Waals surface area contributed by atoms with Crippen molar-refractivity contribution in [3.05, 3.63) is 35.9 Å². The number of hydrogen-bond donors (Lipinski definition) is 1. The fourth-order valence-corrected chi connectivity index (χ4v) is 2.90. The zero-order chi connectivity index (χ0) is 15.7. The molecule has 1 aromatic carbocycles. The molecule has 1 aromatic rings. The van der Waals surface area contributed by atoms with Gasteiger partial charge < -0.3 is 5.32 Å². The van der Waals surface area contributed by atoms with Gasteiger partial charge in [0.1, 0.15) is 5.54 Å². The van der Waals surface area contributed by atoms with E-state index >= 15 is 0 Å². The molecule has 5 nitrogen and oxygen atoms in total. The van der Waals surface area contributed by atoms with Gasteiger partial charge in [-0.05, 0) is 32.3 Å². The molecular formula is C17H23N3O2. The highest BCUT2D eigenvalue weighted by molar-refractivity contribution is 6.06. The van der Waals surface area contributed by atoms with Crippen molar-refractivity contribution in [2.24, 2.45) is 0 Å². The Morgan fingerprint density at radius 1 is 1.23 bits per heavy atom. The number of rotatable bonds is 6. The van der Waals surface area contributed by atoms with Gasteiger partial charge in [-0.3, -0.25) is 14.6 Å². The molecule has 0 atom stereocenters. The Bertz CT molecular complexity index is 567. The molecule has 3 rings (SSSR count). The van der Waals surface area contributed by atoms with E-state index in [-0.39, 0.29) is 11.9 Å². The molecule has 22 heavy (non-hydrogen) atoms. The number of imide groups is 1. The van der Waals surface area contributed by atoms with Crippen LogP contribution in [0, 0.1) is 0 Å². The molecule has 0 aromatic heterocycles. The van der Waals surface area contributed by atoms with E-state index in [0.717, 1.165) is 13.1 Å². The third-order valence-electron chi connectivity index (χ3n) is 4.35. The first-order chi connectivity index (χ1) is 10.5. The second-order valence-electron chi connectivity index (χ2n) is 6.70. The Hall–Kier alpha value is -1.88. The number of carbonyl (C=O) groups excluding carboxylic acids is 2. The van der Waals surface area contributed by atoms with Gasteiger partial charge in [0.25, 0.3) is 5.91 Å². The first-order valence-corrected chi connectivity index (χ1v) is 7.89. The summed E-state index contributed by atoms with van der Waals surface area (Å²) in [6.07, 6.45) is 2.41. The summed E-state index contributed by atoms with van der Waals surface area (Å²) >= 11 is 0. The number of amides is 3. The SMILES string of the molecule is CC1(C)NC(=O)N(CCN(Cc2ccccc2)C2CC2)C1=O. The Kier molecular flexibility index (Phi) is 3.91. The molecule has 1 aliphatic carbocycles. The van der Waals surface area contributed by atoms with Gasteiger partial charge in [0.15, 0.2) is 0 Å². The van der Waals surface area contributed by atoms with Crippen molar-refractivity contribution >= 4 is 11.9 Å². The van der Waals surface area contributed by atoms with Crippen LogP contribution in [0.2, 0.25) is 0 Å². The maximum absolute atomic E-state index is 12.2. The summed E-state index contributed by atoms with van der Waals surface area (Å²) in [4.78, 5) is 27.9. The van der Waals surface area contributed by atoms with E-state index in [9.17, 15) is 9.59 Å². The molecule has 1 N–H and O–H groups in total. The standard InChI is InChI=1S/C17H23N3O2/c1-17(2)15(21)20(16(22)18-17)11-10-19(14-8-9-14)12-13-6-4-3-5-7-13/h3-7,14H,8-12H2,1-2H3,(H,18,22). The van der Waals surface area contributed by atoms with E-state index in [1.54, 1.807) is 13.8 Å². The molecule has 0 bridgehead atoms. The summed E-state index contributed by atoms with van der Waals surface area (Å²) in [5.41, 5.74) is 0.493. The maximum Gasteiger partial charge on any atom is 0.325 e. The van der Waals surface area contributed by atoms with Crippen LogP contribution in [0.5, 0.6) is 0 Å². The lowest BCUT2D eigenvalue weighted by atomic mass is 10.1. The summed E-state index contributed by atoms with van der Waals surface area (Å²) in [5.74, 6) is -0.132. The quantitative estimate of drug-likeness (QED) is 0.818. The van der Waals surface area contributed by atoms with Crippen molar-refractivity contribution in [2.45, 2.75) is 44.8 Å². The van der Waals surface area contributed by atoms with Crippen molar-refractivity contribution in [1.82, 2.24) is 15.1 Å². The average Bonchev–Trinajstić information content (AvgIpc) is 3.28. The molecule has 1 saturated heterocycles. The van der Waals surface area contributed by atoms with Crippen molar-refractivity contribution in [3.8, 4) is 0 Å². The van der Waals surface area contributed by atoms with Gasteiger partial charge >= 0.3 is 6.03 Å². The molecule has 5 heteroatoms. The summed E-state index contributed by atoms with van der Waals surface area (Å²) in [5, 5.41) is 2.73. The van der Waals surface area contributed by atoms with Crippen LogP contribution in [0.4, 0.5) is 4.79 Å². The Morgan fingerprint density at radius 3 is 2.45 bits per heavy atom. The van der Waals surface area contributed by atoms with E-state index in [1.165, 1.54) is 23.3 Å². The second-order valence-corrected chi connectivity index (χ2v) is 6.70. The first-order valence-electron chi connectivity index (χ1n) is 7.89. The molecule has 0 unspecified atom stereocenters. The Morgan fingerprint density at radius 2 is 1.91 bits per heavy atom. The lowest BCUT2D eigenvalue weighted by Crippen LogP contribution is -2.42. The van der Waals surface area contributed by atoms with Gasteiger partial charge in [0.05, 0.1) is 0 Å². The van der Waals surface area contributed by atoms with Crippen LogP contribution >= 0.6 is 0 Å². The van der Waals surface area contributed by atoms with Crippen LogP contribution in [0.3, 0.4) is 0 Å². The second kappa shape index (κ2) is 5.72. The van der Waals surface area contributed by atoms with Gasteiger partial charge in [-0.1, -0.05) is 30.3 Å². The smallest absolute Gasteiger partial charge is 0.324 e. The molecule has 1 aliphatic heterocycles. The Balaban J connectivity index is 1.61. The topological polar surface area (TPSA) is 52.7 Å². The van der Waals surface area contributed by atoms with Crippen molar-refractivity contribution in [1.29, 1.82) is 0 Å². The van der Waals surface area contributed by atoms with E-state index in [4.69, 9.17) is 0 Å². The number of urea groups is 1. The monoisotopic (exact) mass is 301 g/mol. The van der Waals surface area contributed by atoms with Crippen LogP contribution in [-0.4, -0.2) is 46.4 Å². The fraction of sp³-hybridized carbons (Fsp3) is 0.529. The minimum atomic E-state index is -0.777. The van der Waals surface area contributed by atoms with Crippen LogP contribution in [0.25, 0.3) is 0 Å². The molecule has 1 saturated carbocycles. The molecule has 118 valence electrons. The minimum Gasteiger partial charge on any atom is -0.324 e. The number of benzene rings is 1. The molecule has 0 spiro atoms. The number of carbonyl (C=O) groups is 2. The largest absolute Gasteiger partial charge is 0.325 e. The maximum atomic E-state index is 12.2. The zero-order valence-corrected chi connectivity index (χ0v) is 13.2. The van der Waals surface area contributed by atoms with Crippen molar-refractivity contribution < 1.29 is 9.59 Å². The predicted molar refractivity (Wildman–Crippen MR) is 84.2 cm³/mol. The summed E-state index contributed by atoms with van der Waals surface area (Å²) in [7, 11) is 0. The summed E-state index contributed by atoms with van der Waals surface area (Å²) in [6, 6.07) is 10.7. The molecule has 3 amide bonds. The van der Waals surface area contributed by atoms with Crippen molar-refractivity contribution in [2.75, 3.05) is 13.1 Å². The number of hydrogen-bond acceptors (Lipinski definition) is 3. The normalized spacial score (nSPS) is 20.6. The Labute approximate surface area is 131 Å². The lowest BCUT2D eigenvalue weighted by Gasteiger charge is -2.24. The average molecular weight is 301 g/mol. The highest BCUT2D eigenvalue weighted by atomic mass is 16.2. The molecule has 0 radical (unpaired) electrons. The van der Waals surface area contributed by atoms with Crippen LogP contribution in [0.1, 0.15) is 32.3 Å². The van der Waals surface area contributed by atoms with Gasteiger partial charge in [-0.15, -0.1) is 0 Å². The van der Waals surface area contributed by atoms with Crippen LogP contribution < -0.4 is 5.32 Å². The molecule has 1 heterocycles. The van der Waals surface area contributed by atoms with Gasteiger partial charge in [-0.25, -0.2) is 4.79 Å². The molecular weight excluding hydrogens is 278 g/mol. The van der Waals surface area contributed by atoms with E-state index in [2.05, 4.69) is 22.3 Å². The lowest BCUT2D eigenvalue weighted by molar-refractivity contribution is -0.130. The van der Waals surface area contributed by atoms with E-state index < -0.39 is 5.54 Å². The third kappa shape index (κ3) is 3.14. The highest BCUT2D eigenvalue weighted by Gasteiger charge is 2.44. The third-order valence-corrected chi connectivity index (χ3v) is 4.35. The predicted octanol–water partition coefficient (Wildman–Crippen LogP) is 1.98. The van der Waals surface area contributed by atoms with Gasteiger partial charge in [0, 0.05) is 25.7 Å². The highest BCUT2D eigenvalue weighted by Crippen LogP contribution is 2.28. The van der Waals surface area contributed by atoms with E-state index in [0.29, 0.717) is 12.6 Å². The van der Waals surface area contributed by atoms with Crippen LogP contribution in [0.15, 0.2) is 30.3 Å². The molecule has 2 fully saturated rings. The first kappa shape index (κ1) is 15.0. The fourth-order valence-electron chi connectivity index (χ4n) is 2.90. The number of nitrogens with zero attached hydrogens (tertiary/aromatic N) is 2. The zero-order valence-electron chi connectivity index (χ0n) is 13.2. The van der Waals surface area contributed by atoms with Crippen LogP contribution in [-0.2, 0) is 11.3 Å². The van der Waals surface area contributed by atoms with Gasteiger partial charge in [-0.2, -0.15) is 0 Å². The van der Waals surface area contributed by atoms with E-state index in [1.807, 2.05) is 18.2 Å². The summed E-state index contributed by atoms with van der Waals surface area (Å²) in [6.45, 7) is 5.55. The van der Waals surface area contributed by atoms with Crippen molar-refractivity contribution in [3.63, 3.8) is 0 Å². The number of nitrogens with one attached hydrogen (secondary N) is 1. The molecule has 2 aliphatic rings.